The van der Waals surface area contributed by atoms with E-state index >= 15 is 0 Å². The molecule has 1 heterocycles. The highest BCUT2D eigenvalue weighted by Crippen LogP contribution is 2.20. The molecule has 0 atom stereocenters. The Bertz CT molecular complexity index is 598. The van der Waals surface area contributed by atoms with Crippen LogP contribution in [-0.4, -0.2) is 39.1 Å². The molecule has 0 aliphatic carbocycles. The summed E-state index contributed by atoms with van der Waals surface area (Å²) >= 11 is 6.07. The highest BCUT2D eigenvalue weighted by Gasteiger charge is 2.17. The number of aromatic nitrogens is 3. The second-order valence-electron chi connectivity index (χ2n) is 3.71. The smallest absolute Gasteiger partial charge is 0.378 e. The average Bonchev–Trinajstić information content (AvgIpc) is 2.78. The molecule has 0 spiro atoms. The van der Waals surface area contributed by atoms with E-state index in [0.29, 0.717) is 16.5 Å². The van der Waals surface area contributed by atoms with E-state index in [1.54, 1.807) is 25.1 Å². The molecule has 0 saturated heterocycles. The lowest BCUT2D eigenvalue weighted by Gasteiger charge is -2.04. The van der Waals surface area contributed by atoms with Crippen LogP contribution in [0.2, 0.25) is 5.02 Å². The second-order valence-corrected chi connectivity index (χ2v) is 4.11. The Labute approximate surface area is 114 Å². The van der Waals surface area contributed by atoms with Crippen molar-refractivity contribution >= 4 is 17.6 Å². The van der Waals surface area contributed by atoms with E-state index in [1.165, 1.54) is 4.68 Å². The largest absolute Gasteiger partial charge is 0.457 e. The first-order valence-corrected chi connectivity index (χ1v) is 5.98. The summed E-state index contributed by atoms with van der Waals surface area (Å²) in [4.78, 5) is 15.6. The fourth-order valence-electron chi connectivity index (χ4n) is 1.53. The van der Waals surface area contributed by atoms with Crippen LogP contribution in [0.1, 0.15) is 16.4 Å². The summed E-state index contributed by atoms with van der Waals surface area (Å²) in [7, 11) is 0. The summed E-state index contributed by atoms with van der Waals surface area (Å²) in [6.45, 7) is 1.38. The molecule has 100 valence electrons. The number of carbonyl (C=O) groups excluding carboxylic acids is 1. The van der Waals surface area contributed by atoms with Gasteiger partial charge in [0.15, 0.2) is 0 Å². The summed E-state index contributed by atoms with van der Waals surface area (Å²) in [6.07, 6.45) is 0. The van der Waals surface area contributed by atoms with E-state index in [-0.39, 0.29) is 19.0 Å². The van der Waals surface area contributed by atoms with E-state index < -0.39 is 5.97 Å². The third-order valence-electron chi connectivity index (χ3n) is 2.36. The maximum Gasteiger partial charge on any atom is 0.378 e. The Balaban J connectivity index is 2.32. The molecule has 0 unspecified atom stereocenters. The molecule has 0 aliphatic heterocycles. The van der Waals surface area contributed by atoms with Crippen LogP contribution in [0.25, 0.3) is 5.69 Å². The first kappa shape index (κ1) is 13.5. The molecule has 2 rings (SSSR count). The van der Waals surface area contributed by atoms with Gasteiger partial charge in [-0.1, -0.05) is 23.7 Å². The average molecular weight is 282 g/mol. The summed E-state index contributed by atoms with van der Waals surface area (Å²) < 4.78 is 6.22. The zero-order valence-corrected chi connectivity index (χ0v) is 11.0. The predicted octanol–water partition coefficient (Wildman–Crippen LogP) is 1.38. The lowest BCUT2D eigenvalue weighted by atomic mass is 10.3. The Morgan fingerprint density at radius 3 is 2.89 bits per heavy atom. The van der Waals surface area contributed by atoms with Gasteiger partial charge < -0.3 is 9.84 Å². The van der Waals surface area contributed by atoms with Crippen LogP contribution in [0.4, 0.5) is 0 Å². The molecule has 1 N–H and O–H groups in total. The minimum absolute atomic E-state index is 0.0640. The minimum Gasteiger partial charge on any atom is -0.457 e. The molecule has 0 saturated carbocycles. The summed E-state index contributed by atoms with van der Waals surface area (Å²) in [5.41, 5.74) is 0.635. The van der Waals surface area contributed by atoms with Gasteiger partial charge in [0.1, 0.15) is 12.4 Å². The first-order valence-electron chi connectivity index (χ1n) is 5.60. The van der Waals surface area contributed by atoms with E-state index in [9.17, 15) is 4.79 Å². The summed E-state index contributed by atoms with van der Waals surface area (Å²) in [5, 5.41) is 13.2. The number of esters is 1. The number of ether oxygens (including phenoxy) is 1. The van der Waals surface area contributed by atoms with Crippen LogP contribution in [0.3, 0.4) is 0 Å². The van der Waals surface area contributed by atoms with Gasteiger partial charge in [-0.15, -0.1) is 5.10 Å². The van der Waals surface area contributed by atoms with Crippen molar-refractivity contribution in [2.75, 3.05) is 13.2 Å². The van der Waals surface area contributed by atoms with Crippen LogP contribution < -0.4 is 0 Å². The number of benzene rings is 1. The number of rotatable bonds is 4. The normalized spacial score (nSPS) is 10.5. The molecule has 2 aromatic rings. The molecule has 6 nitrogen and oxygen atoms in total. The van der Waals surface area contributed by atoms with Gasteiger partial charge in [0.2, 0.25) is 0 Å². The third-order valence-corrected chi connectivity index (χ3v) is 2.68. The Hall–Kier alpha value is -1.92. The van der Waals surface area contributed by atoms with Crippen molar-refractivity contribution in [2.24, 2.45) is 0 Å². The zero-order valence-electron chi connectivity index (χ0n) is 10.2. The molecule has 19 heavy (non-hydrogen) atoms. The molecular formula is C12H12ClN3O3. The van der Waals surface area contributed by atoms with Crippen LogP contribution >= 0.6 is 11.6 Å². The SMILES string of the molecule is Cc1nc(C(=O)OCCO)nn1-c1ccccc1Cl. The van der Waals surface area contributed by atoms with Gasteiger partial charge in [-0.25, -0.2) is 14.5 Å². The quantitative estimate of drug-likeness (QED) is 0.857. The summed E-state index contributed by atoms with van der Waals surface area (Å²) in [6, 6.07) is 7.11. The molecular weight excluding hydrogens is 270 g/mol. The Morgan fingerprint density at radius 2 is 2.21 bits per heavy atom. The molecule has 7 heteroatoms. The molecule has 0 bridgehead atoms. The van der Waals surface area contributed by atoms with Crippen molar-refractivity contribution in [1.29, 1.82) is 0 Å². The second kappa shape index (κ2) is 5.81. The van der Waals surface area contributed by atoms with E-state index in [2.05, 4.69) is 10.1 Å². The van der Waals surface area contributed by atoms with E-state index in [0.717, 1.165) is 0 Å². The van der Waals surface area contributed by atoms with Crippen molar-refractivity contribution < 1.29 is 14.6 Å². The fourth-order valence-corrected chi connectivity index (χ4v) is 1.75. The predicted molar refractivity (Wildman–Crippen MR) is 68.5 cm³/mol. The lowest BCUT2D eigenvalue weighted by Crippen LogP contribution is -2.11. The fraction of sp³-hybridized carbons (Fsp3) is 0.250. The van der Waals surface area contributed by atoms with Crippen LogP contribution in [0.15, 0.2) is 24.3 Å². The van der Waals surface area contributed by atoms with Gasteiger partial charge in [-0.3, -0.25) is 0 Å². The van der Waals surface area contributed by atoms with Gasteiger partial charge in [-0.05, 0) is 19.1 Å². The van der Waals surface area contributed by atoms with Crippen molar-refractivity contribution in [3.05, 3.63) is 40.9 Å². The zero-order chi connectivity index (χ0) is 13.8. The van der Waals surface area contributed by atoms with Gasteiger partial charge in [-0.2, -0.15) is 0 Å². The number of carbonyl (C=O) groups is 1. The maximum atomic E-state index is 11.6. The molecule has 0 fully saturated rings. The van der Waals surface area contributed by atoms with Crippen molar-refractivity contribution in [3.63, 3.8) is 0 Å². The van der Waals surface area contributed by atoms with Crippen molar-refractivity contribution in [2.45, 2.75) is 6.92 Å². The van der Waals surface area contributed by atoms with Crippen LogP contribution in [0.5, 0.6) is 0 Å². The highest BCUT2D eigenvalue weighted by molar-refractivity contribution is 6.32. The van der Waals surface area contributed by atoms with Crippen molar-refractivity contribution in [1.82, 2.24) is 14.8 Å². The van der Waals surface area contributed by atoms with E-state index in [1.807, 2.05) is 6.07 Å². The Morgan fingerprint density at radius 1 is 1.47 bits per heavy atom. The van der Waals surface area contributed by atoms with Gasteiger partial charge >= 0.3 is 5.97 Å². The molecule has 1 aromatic carbocycles. The van der Waals surface area contributed by atoms with Gasteiger partial charge in [0.05, 0.1) is 17.3 Å². The first-order chi connectivity index (χ1) is 9.13. The molecule has 0 amide bonds. The number of aryl methyl sites for hydroxylation is 1. The molecule has 1 aromatic heterocycles. The lowest BCUT2D eigenvalue weighted by molar-refractivity contribution is 0.0420. The third kappa shape index (κ3) is 2.91. The van der Waals surface area contributed by atoms with Gasteiger partial charge in [0.25, 0.3) is 5.82 Å². The van der Waals surface area contributed by atoms with Crippen molar-refractivity contribution in [3.8, 4) is 5.69 Å². The highest BCUT2D eigenvalue weighted by atomic mass is 35.5. The van der Waals surface area contributed by atoms with E-state index in [4.69, 9.17) is 21.4 Å². The van der Waals surface area contributed by atoms with Crippen LogP contribution in [0, 0.1) is 6.92 Å². The number of hydrogen-bond donors (Lipinski definition) is 1. The molecule has 0 radical (unpaired) electrons. The van der Waals surface area contributed by atoms with Crippen LogP contribution in [-0.2, 0) is 4.74 Å². The number of aliphatic hydroxyl groups excluding tert-OH is 1. The standard InChI is InChI=1S/C12H12ClN3O3/c1-8-14-11(12(18)19-7-6-17)15-16(8)10-5-3-2-4-9(10)13/h2-5,17H,6-7H2,1H3. The molecule has 0 aliphatic rings. The number of hydrogen-bond acceptors (Lipinski definition) is 5. The number of para-hydroxylation sites is 1. The Kier molecular flexibility index (Phi) is 4.13. The van der Waals surface area contributed by atoms with Gasteiger partial charge in [0, 0.05) is 0 Å². The maximum absolute atomic E-state index is 11.6. The minimum atomic E-state index is -0.678. The summed E-state index contributed by atoms with van der Waals surface area (Å²) in [5.74, 6) is -0.224. The number of aliphatic hydroxyl groups is 1. The number of nitrogens with zero attached hydrogens (tertiary/aromatic N) is 3. The number of halogens is 1. The monoisotopic (exact) mass is 281 g/mol. The topological polar surface area (TPSA) is 77.2 Å².